The van der Waals surface area contributed by atoms with Crippen molar-refractivity contribution in [2.45, 2.75) is 39.2 Å². The number of nitrogens with one attached hydrogen (secondary N) is 2. The van der Waals surface area contributed by atoms with Gasteiger partial charge in [0.2, 0.25) is 5.91 Å². The van der Waals surface area contributed by atoms with Crippen LogP contribution in [0.4, 0.5) is 0 Å². The van der Waals surface area contributed by atoms with Crippen LogP contribution in [0.2, 0.25) is 0 Å². The van der Waals surface area contributed by atoms with E-state index in [9.17, 15) is 4.79 Å². The second-order valence-electron chi connectivity index (χ2n) is 6.33. The lowest BCUT2D eigenvalue weighted by Gasteiger charge is -2.28. The molecule has 3 atom stereocenters. The van der Waals surface area contributed by atoms with Crippen molar-refractivity contribution in [1.82, 2.24) is 10.6 Å². The summed E-state index contributed by atoms with van der Waals surface area (Å²) in [5, 5.41) is 6.40. The molecule has 1 fully saturated rings. The molecular weight excluding hydrogens is 312 g/mol. The summed E-state index contributed by atoms with van der Waals surface area (Å²) >= 11 is 0. The first-order valence-electron chi connectivity index (χ1n) is 8.34. The van der Waals surface area contributed by atoms with E-state index >= 15 is 0 Å². The Morgan fingerprint density at radius 1 is 1.35 bits per heavy atom. The van der Waals surface area contributed by atoms with Crippen molar-refractivity contribution in [2.24, 2.45) is 11.8 Å². The molecule has 0 bridgehead atoms. The second kappa shape index (κ2) is 10.5. The van der Waals surface area contributed by atoms with Gasteiger partial charge in [0, 0.05) is 6.42 Å². The van der Waals surface area contributed by atoms with Crippen molar-refractivity contribution >= 4 is 18.3 Å². The molecule has 0 aromatic heterocycles. The van der Waals surface area contributed by atoms with Crippen molar-refractivity contribution in [1.29, 1.82) is 0 Å². The minimum absolute atomic E-state index is 0. The third kappa shape index (κ3) is 7.23. The highest BCUT2D eigenvalue weighted by molar-refractivity contribution is 5.85. The number of hydrogen-bond acceptors (Lipinski definition) is 3. The van der Waals surface area contributed by atoms with Gasteiger partial charge in [-0.25, -0.2) is 0 Å². The Bertz CT molecular complexity index is 450. The Morgan fingerprint density at radius 2 is 2.09 bits per heavy atom. The molecule has 0 radical (unpaired) electrons. The maximum atomic E-state index is 12.1. The van der Waals surface area contributed by atoms with E-state index < -0.39 is 0 Å². The summed E-state index contributed by atoms with van der Waals surface area (Å²) in [5.74, 6) is 2.02. The van der Waals surface area contributed by atoms with Crippen molar-refractivity contribution in [3.63, 3.8) is 0 Å². The molecule has 0 spiro atoms. The maximum absolute atomic E-state index is 12.1. The molecule has 5 heteroatoms. The number of carbonyl (C=O) groups excluding carboxylic acids is 1. The molecule has 1 saturated heterocycles. The van der Waals surface area contributed by atoms with E-state index in [-0.39, 0.29) is 24.4 Å². The molecule has 4 nitrogen and oxygen atoms in total. The molecule has 3 unspecified atom stereocenters. The van der Waals surface area contributed by atoms with Gasteiger partial charge in [-0.05, 0) is 56.8 Å². The van der Waals surface area contributed by atoms with E-state index in [1.54, 1.807) is 0 Å². The highest BCUT2D eigenvalue weighted by Crippen LogP contribution is 2.22. The Balaban J connectivity index is 0.00000264. The van der Waals surface area contributed by atoms with Gasteiger partial charge in [0.25, 0.3) is 0 Å². The summed E-state index contributed by atoms with van der Waals surface area (Å²) in [6, 6.07) is 9.70. The van der Waals surface area contributed by atoms with Crippen LogP contribution in [0.3, 0.4) is 0 Å². The molecule has 130 valence electrons. The predicted octanol–water partition coefficient (Wildman–Crippen LogP) is 3.02. The van der Waals surface area contributed by atoms with Crippen molar-refractivity contribution in [3.05, 3.63) is 30.3 Å². The van der Waals surface area contributed by atoms with Gasteiger partial charge in [-0.3, -0.25) is 4.79 Å². The van der Waals surface area contributed by atoms with Crippen molar-refractivity contribution < 1.29 is 9.53 Å². The van der Waals surface area contributed by atoms with Gasteiger partial charge in [-0.2, -0.15) is 0 Å². The standard InChI is InChI=1S/C18H28N2O2.ClH/c1-14(16-7-6-10-19-13-16)11-18(21)20-12-15(2)22-17-8-4-3-5-9-17;/h3-5,8-9,14-16,19H,6-7,10-13H2,1-2H3,(H,20,21);1H. The zero-order chi connectivity index (χ0) is 15.8. The minimum Gasteiger partial charge on any atom is -0.489 e. The molecule has 0 saturated carbocycles. The number of para-hydroxylation sites is 1. The van der Waals surface area contributed by atoms with Gasteiger partial charge in [-0.15, -0.1) is 12.4 Å². The van der Waals surface area contributed by atoms with Crippen LogP contribution in [0.15, 0.2) is 30.3 Å². The van der Waals surface area contributed by atoms with E-state index in [0.717, 1.165) is 18.8 Å². The average Bonchev–Trinajstić information content (AvgIpc) is 2.55. The topological polar surface area (TPSA) is 50.4 Å². The number of rotatable bonds is 7. The van der Waals surface area contributed by atoms with Crippen LogP contribution in [-0.2, 0) is 4.79 Å². The number of carbonyl (C=O) groups is 1. The Hall–Kier alpha value is -1.26. The van der Waals surface area contributed by atoms with E-state index in [1.165, 1.54) is 12.8 Å². The molecule has 0 aliphatic carbocycles. The number of benzene rings is 1. The van der Waals surface area contributed by atoms with Gasteiger partial charge in [0.15, 0.2) is 0 Å². The lowest BCUT2D eigenvalue weighted by molar-refractivity contribution is -0.122. The molecular formula is C18H29ClN2O2. The molecule has 23 heavy (non-hydrogen) atoms. The van der Waals surface area contributed by atoms with Crippen LogP contribution < -0.4 is 15.4 Å². The van der Waals surface area contributed by atoms with Crippen molar-refractivity contribution in [3.8, 4) is 5.75 Å². The fourth-order valence-corrected chi connectivity index (χ4v) is 2.93. The molecule has 1 aromatic rings. The van der Waals surface area contributed by atoms with Gasteiger partial charge in [0.05, 0.1) is 6.54 Å². The molecule has 1 amide bonds. The zero-order valence-electron chi connectivity index (χ0n) is 14.1. The lowest BCUT2D eigenvalue weighted by atomic mass is 9.85. The smallest absolute Gasteiger partial charge is 0.220 e. The summed E-state index contributed by atoms with van der Waals surface area (Å²) in [5.41, 5.74) is 0. The van der Waals surface area contributed by atoms with Gasteiger partial charge >= 0.3 is 0 Å². The Kier molecular flexibility index (Phi) is 9.03. The zero-order valence-corrected chi connectivity index (χ0v) is 14.9. The first-order chi connectivity index (χ1) is 10.6. The van der Waals surface area contributed by atoms with E-state index in [0.29, 0.717) is 24.8 Å². The van der Waals surface area contributed by atoms with Crippen LogP contribution in [0, 0.1) is 11.8 Å². The molecule has 1 aliphatic rings. The third-order valence-electron chi connectivity index (χ3n) is 4.31. The molecule has 1 aliphatic heterocycles. The number of ether oxygens (including phenoxy) is 1. The fraction of sp³-hybridized carbons (Fsp3) is 0.611. The fourth-order valence-electron chi connectivity index (χ4n) is 2.93. The normalized spacial score (nSPS) is 20.0. The van der Waals surface area contributed by atoms with Crippen molar-refractivity contribution in [2.75, 3.05) is 19.6 Å². The average molecular weight is 341 g/mol. The van der Waals surface area contributed by atoms with E-state index in [2.05, 4.69) is 17.6 Å². The largest absolute Gasteiger partial charge is 0.489 e. The summed E-state index contributed by atoms with van der Waals surface area (Å²) in [7, 11) is 0. The molecule has 2 N–H and O–H groups in total. The van der Waals surface area contributed by atoms with Gasteiger partial charge in [-0.1, -0.05) is 25.1 Å². The number of hydrogen-bond donors (Lipinski definition) is 2. The highest BCUT2D eigenvalue weighted by atomic mass is 35.5. The minimum atomic E-state index is -0.0296. The monoisotopic (exact) mass is 340 g/mol. The van der Waals surface area contributed by atoms with Crippen LogP contribution in [0.25, 0.3) is 0 Å². The van der Waals surface area contributed by atoms with Crippen LogP contribution in [-0.4, -0.2) is 31.6 Å². The predicted molar refractivity (Wildman–Crippen MR) is 96.2 cm³/mol. The molecule has 1 heterocycles. The second-order valence-corrected chi connectivity index (χ2v) is 6.33. The molecule has 2 rings (SSSR count). The Labute approximate surface area is 145 Å². The summed E-state index contributed by atoms with van der Waals surface area (Å²) in [4.78, 5) is 12.1. The first-order valence-corrected chi connectivity index (χ1v) is 8.34. The summed E-state index contributed by atoms with van der Waals surface area (Å²) < 4.78 is 5.76. The number of amides is 1. The maximum Gasteiger partial charge on any atom is 0.220 e. The summed E-state index contributed by atoms with van der Waals surface area (Å²) in [6.45, 7) is 6.86. The lowest BCUT2D eigenvalue weighted by Crippen LogP contribution is -2.37. The Morgan fingerprint density at radius 3 is 2.74 bits per heavy atom. The number of piperidine rings is 1. The van der Waals surface area contributed by atoms with E-state index in [4.69, 9.17) is 4.74 Å². The number of halogens is 1. The molecule has 1 aromatic carbocycles. The van der Waals surface area contributed by atoms with E-state index in [1.807, 2.05) is 37.3 Å². The third-order valence-corrected chi connectivity index (χ3v) is 4.31. The SMILES string of the molecule is CC(CNC(=O)CC(C)C1CCCNC1)Oc1ccccc1.Cl. The quantitative estimate of drug-likeness (QED) is 0.802. The van der Waals surface area contributed by atoms with Crippen LogP contribution in [0.5, 0.6) is 5.75 Å². The first kappa shape index (κ1) is 19.8. The summed E-state index contributed by atoms with van der Waals surface area (Å²) in [6.07, 6.45) is 3.02. The van der Waals surface area contributed by atoms with Gasteiger partial charge in [0.1, 0.15) is 11.9 Å². The highest BCUT2D eigenvalue weighted by Gasteiger charge is 2.22. The van der Waals surface area contributed by atoms with Gasteiger partial charge < -0.3 is 15.4 Å². The van der Waals surface area contributed by atoms with Crippen LogP contribution in [0.1, 0.15) is 33.1 Å². The van der Waals surface area contributed by atoms with Crippen LogP contribution >= 0.6 is 12.4 Å².